The Morgan fingerprint density at radius 1 is 1.09 bits per heavy atom. The van der Waals surface area contributed by atoms with Gasteiger partial charge in [0.25, 0.3) is 0 Å². The molecule has 0 bridgehead atoms. The van der Waals surface area contributed by atoms with Crippen molar-refractivity contribution in [2.24, 2.45) is 0 Å². The molecule has 1 aliphatic rings. The number of methoxy groups -OCH3 is 1. The Morgan fingerprint density at radius 3 is 2.40 bits per heavy atom. The highest BCUT2D eigenvalue weighted by Gasteiger charge is 2.36. The van der Waals surface area contributed by atoms with Crippen LogP contribution >= 0.6 is 11.6 Å². The van der Waals surface area contributed by atoms with Gasteiger partial charge >= 0.3 is 11.9 Å². The highest BCUT2D eigenvalue weighted by Crippen LogP contribution is 2.33. The van der Waals surface area contributed by atoms with E-state index >= 15 is 0 Å². The fraction of sp³-hybridized carbons (Fsp3) is 0.258. The molecule has 0 aliphatic carbocycles. The molecule has 0 saturated carbocycles. The van der Waals surface area contributed by atoms with Crippen LogP contribution in [-0.2, 0) is 35.4 Å². The van der Waals surface area contributed by atoms with Crippen LogP contribution in [-0.4, -0.2) is 61.4 Å². The van der Waals surface area contributed by atoms with Crippen molar-refractivity contribution in [3.8, 4) is 0 Å². The number of esters is 1. The molecule has 10 nitrogen and oxygen atoms in total. The number of carbonyl (C=O) groups excluding carboxylic acids is 3. The molecule has 1 saturated heterocycles. The Labute approximate surface area is 255 Å². The zero-order valence-electron chi connectivity index (χ0n) is 23.4. The fourth-order valence-electron chi connectivity index (χ4n) is 4.80. The van der Waals surface area contributed by atoms with Crippen LogP contribution in [0.1, 0.15) is 35.2 Å². The predicted molar refractivity (Wildman–Crippen MR) is 160 cm³/mol. The lowest BCUT2D eigenvalue weighted by atomic mass is 10.0. The highest BCUT2D eigenvalue weighted by molar-refractivity contribution is 7.92. The minimum absolute atomic E-state index is 0.0313. The molecular weight excluding hydrogens is 596 g/mol. The average Bonchev–Trinajstić information content (AvgIpc) is 3.43. The van der Waals surface area contributed by atoms with E-state index in [0.29, 0.717) is 25.1 Å². The second kappa shape index (κ2) is 14.0. The first-order chi connectivity index (χ1) is 20.6. The van der Waals surface area contributed by atoms with E-state index in [0.717, 1.165) is 17.7 Å². The lowest BCUT2D eigenvalue weighted by Crippen LogP contribution is -2.42. The molecular formula is C31H31ClN2O8S. The van der Waals surface area contributed by atoms with Gasteiger partial charge < -0.3 is 14.7 Å². The summed E-state index contributed by atoms with van der Waals surface area (Å²) in [5.41, 5.74) is 1.40. The van der Waals surface area contributed by atoms with Crippen LogP contribution in [0, 0.1) is 0 Å². The van der Waals surface area contributed by atoms with Crippen molar-refractivity contribution in [2.75, 3.05) is 18.7 Å². The predicted octanol–water partition coefficient (Wildman–Crippen LogP) is 4.62. The van der Waals surface area contributed by atoms with Gasteiger partial charge in [-0.05, 0) is 67.3 Å². The number of aryl methyl sites for hydroxylation is 1. The topological polar surface area (TPSA) is 131 Å². The summed E-state index contributed by atoms with van der Waals surface area (Å²) in [5.74, 6) is -2.83. The van der Waals surface area contributed by atoms with E-state index < -0.39 is 33.4 Å². The van der Waals surface area contributed by atoms with Crippen LogP contribution in [0.2, 0.25) is 5.02 Å². The Hall–Kier alpha value is -4.03. The lowest BCUT2D eigenvalue weighted by molar-refractivity contribution is -0.166. The van der Waals surface area contributed by atoms with E-state index in [1.807, 2.05) is 0 Å². The van der Waals surface area contributed by atoms with Gasteiger partial charge in [0.2, 0.25) is 0 Å². The molecule has 3 aromatic rings. The summed E-state index contributed by atoms with van der Waals surface area (Å²) in [6, 6.07) is 19.1. The molecule has 0 amide bonds. The number of nitrogens with zero attached hydrogens (tertiary/aromatic N) is 2. The van der Waals surface area contributed by atoms with E-state index in [1.165, 1.54) is 41.3 Å². The van der Waals surface area contributed by atoms with Gasteiger partial charge in [0.1, 0.15) is 11.6 Å². The smallest absolute Gasteiger partial charge is 0.441 e. The maximum absolute atomic E-state index is 13.5. The zero-order valence-corrected chi connectivity index (χ0v) is 25.0. The molecule has 1 fully saturated rings. The maximum Gasteiger partial charge on any atom is 0.441 e. The average molecular weight is 627 g/mol. The van der Waals surface area contributed by atoms with Gasteiger partial charge in [-0.3, -0.25) is 9.69 Å². The normalized spacial score (nSPS) is 15.8. The summed E-state index contributed by atoms with van der Waals surface area (Å²) >= 11 is 6.24. The molecule has 3 aromatic carbocycles. The molecule has 1 aliphatic heterocycles. The Kier molecular flexibility index (Phi) is 10.4. The van der Waals surface area contributed by atoms with E-state index in [-0.39, 0.29) is 39.8 Å². The highest BCUT2D eigenvalue weighted by atomic mass is 35.5. The third kappa shape index (κ3) is 7.31. The van der Waals surface area contributed by atoms with Crippen LogP contribution in [0.15, 0.2) is 90.3 Å². The van der Waals surface area contributed by atoms with Gasteiger partial charge in [0, 0.05) is 23.6 Å². The van der Waals surface area contributed by atoms with E-state index in [1.54, 1.807) is 42.5 Å². The van der Waals surface area contributed by atoms with Crippen molar-refractivity contribution in [3.63, 3.8) is 0 Å². The van der Waals surface area contributed by atoms with Crippen LogP contribution in [0.4, 0.5) is 11.4 Å². The number of sulfone groups is 1. The number of Topliss-reactive ketones (excluding diaryl/α,β-unsaturated/α-hetero) is 1. The third-order valence-electron chi connectivity index (χ3n) is 7.00. The Balaban J connectivity index is 1.54. The molecule has 2 atom stereocenters. The number of anilines is 2. The number of rotatable bonds is 11. The summed E-state index contributed by atoms with van der Waals surface area (Å²) in [6.45, 7) is 4.12. The summed E-state index contributed by atoms with van der Waals surface area (Å²) in [5, 5.41) is 10.5. The van der Waals surface area contributed by atoms with Crippen LogP contribution in [0.5, 0.6) is 0 Å². The minimum atomic E-state index is -3.83. The maximum atomic E-state index is 13.5. The first-order valence-electron chi connectivity index (χ1n) is 13.4. The van der Waals surface area contributed by atoms with Crippen LogP contribution < -0.4 is 5.06 Å². The molecule has 0 spiro atoms. The summed E-state index contributed by atoms with van der Waals surface area (Å²) in [4.78, 5) is 44.5. The number of carbonyl (C=O) groups is 3. The number of benzene rings is 3. The molecule has 2 unspecified atom stereocenters. The number of aliphatic hydroxyl groups excluding tert-OH is 1. The number of ketones is 1. The van der Waals surface area contributed by atoms with Crippen molar-refractivity contribution in [1.29, 1.82) is 0 Å². The number of halogens is 1. The first kappa shape index (κ1) is 31.9. The number of aliphatic hydroxyl groups is 1. The molecule has 0 aromatic heterocycles. The Bertz CT molecular complexity index is 1600. The number of hydrogen-bond acceptors (Lipinski definition) is 10. The summed E-state index contributed by atoms with van der Waals surface area (Å²) < 4.78 is 31.0. The number of ether oxygens (including phenoxy) is 1. The van der Waals surface area contributed by atoms with Crippen molar-refractivity contribution < 1.29 is 37.5 Å². The second-order valence-electron chi connectivity index (χ2n) is 9.76. The number of para-hydroxylation sites is 1. The quantitative estimate of drug-likeness (QED) is 0.106. The standard InChI is InChI=1S/C31H31ClN2O8S/c1-3-29(33-19-7-10-28(33)36)43(39,40)24-15-11-21(12-16-24)13-18-27(35)25-17-14-22(32)20-26(25)34(23-8-5-4-6-9-23)42-31(38)30(37)41-2/h3-6,8-9,11-12,14-17,20,28-29,36H,1,7,10,13,18-19H2,2H3. The molecule has 1 heterocycles. The van der Waals surface area contributed by atoms with Crippen molar-refractivity contribution in [3.05, 3.63) is 102 Å². The molecule has 0 radical (unpaired) electrons. The zero-order chi connectivity index (χ0) is 31.1. The summed E-state index contributed by atoms with van der Waals surface area (Å²) in [7, 11) is -2.79. The second-order valence-corrected chi connectivity index (χ2v) is 12.2. The third-order valence-corrected chi connectivity index (χ3v) is 9.26. The Morgan fingerprint density at radius 2 is 1.79 bits per heavy atom. The fourth-order valence-corrected chi connectivity index (χ4v) is 6.62. The van der Waals surface area contributed by atoms with Crippen LogP contribution in [0.3, 0.4) is 0 Å². The summed E-state index contributed by atoms with van der Waals surface area (Å²) in [6.07, 6.45) is 1.98. The number of likely N-dealkylation sites (tertiary alicyclic amines) is 1. The van der Waals surface area contributed by atoms with Crippen molar-refractivity contribution in [1.82, 2.24) is 4.90 Å². The first-order valence-corrected chi connectivity index (χ1v) is 15.4. The van der Waals surface area contributed by atoms with Gasteiger partial charge in [-0.15, -0.1) is 6.58 Å². The van der Waals surface area contributed by atoms with Gasteiger partial charge in [0.05, 0.1) is 23.4 Å². The molecule has 1 N–H and O–H groups in total. The van der Waals surface area contributed by atoms with E-state index in [9.17, 15) is 27.9 Å². The SMILES string of the molecule is C=CC(N1CCCC1O)S(=O)(=O)c1ccc(CCC(=O)c2ccc(Cl)cc2N(OC(=O)C(=O)OC)c2ccccc2)cc1. The van der Waals surface area contributed by atoms with Gasteiger partial charge in [-0.1, -0.05) is 48.0 Å². The van der Waals surface area contributed by atoms with Crippen LogP contribution in [0.25, 0.3) is 0 Å². The van der Waals surface area contributed by atoms with E-state index in [2.05, 4.69) is 11.3 Å². The van der Waals surface area contributed by atoms with Gasteiger partial charge in [0.15, 0.2) is 15.6 Å². The van der Waals surface area contributed by atoms with Gasteiger partial charge in [-0.2, -0.15) is 5.06 Å². The van der Waals surface area contributed by atoms with Crippen molar-refractivity contribution in [2.45, 2.75) is 42.2 Å². The number of hydrogen-bond donors (Lipinski definition) is 1. The lowest BCUT2D eigenvalue weighted by Gasteiger charge is -2.27. The minimum Gasteiger partial charge on any atom is -0.461 e. The molecule has 43 heavy (non-hydrogen) atoms. The molecule has 226 valence electrons. The van der Waals surface area contributed by atoms with E-state index in [4.69, 9.17) is 16.4 Å². The molecule has 4 rings (SSSR count). The van der Waals surface area contributed by atoms with Gasteiger partial charge in [-0.25, -0.2) is 18.0 Å². The molecule has 12 heteroatoms. The largest absolute Gasteiger partial charge is 0.461 e. The monoisotopic (exact) mass is 626 g/mol. The van der Waals surface area contributed by atoms with Crippen molar-refractivity contribution >= 4 is 50.5 Å².